The first-order chi connectivity index (χ1) is 14.8. The Morgan fingerprint density at radius 1 is 0.935 bits per heavy atom. The molecule has 0 aliphatic carbocycles. The summed E-state index contributed by atoms with van der Waals surface area (Å²) in [4.78, 5) is 13.5. The average Bonchev–Trinajstić information content (AvgIpc) is 2.98. The predicted octanol–water partition coefficient (Wildman–Crippen LogP) is 4.31. The molecule has 160 valence electrons. The minimum Gasteiger partial charge on any atom is -0.308 e. The van der Waals surface area contributed by atoms with Gasteiger partial charge in [-0.2, -0.15) is 5.10 Å². The molecule has 5 heteroatoms. The van der Waals surface area contributed by atoms with E-state index >= 15 is 0 Å². The van der Waals surface area contributed by atoms with Gasteiger partial charge in [-0.15, -0.1) is 0 Å². The van der Waals surface area contributed by atoms with Crippen LogP contribution < -0.4 is 10.9 Å². The van der Waals surface area contributed by atoms with Crippen molar-refractivity contribution in [2.45, 2.75) is 47.3 Å². The second kappa shape index (κ2) is 8.52. The topological polar surface area (TPSA) is 51.9 Å². The normalized spacial score (nSPS) is 11.4. The summed E-state index contributed by atoms with van der Waals surface area (Å²) in [5.41, 5.74) is 8.74. The summed E-state index contributed by atoms with van der Waals surface area (Å²) in [5.74, 6) is 0. The van der Waals surface area contributed by atoms with Crippen molar-refractivity contribution in [2.75, 3.05) is 0 Å². The summed E-state index contributed by atoms with van der Waals surface area (Å²) >= 11 is 0. The van der Waals surface area contributed by atoms with E-state index < -0.39 is 0 Å². The van der Waals surface area contributed by atoms with Crippen LogP contribution >= 0.6 is 0 Å². The summed E-state index contributed by atoms with van der Waals surface area (Å²) in [7, 11) is 1.96. The summed E-state index contributed by atoms with van der Waals surface area (Å²) in [5, 5.41) is 9.05. The minimum absolute atomic E-state index is 0.0618. The van der Waals surface area contributed by atoms with E-state index in [-0.39, 0.29) is 5.56 Å². The molecule has 1 N–H and O–H groups in total. The van der Waals surface area contributed by atoms with Crippen LogP contribution in [0.5, 0.6) is 0 Å². The molecule has 0 amide bonds. The Hall–Kier alpha value is -3.18. The molecule has 2 aromatic carbocycles. The van der Waals surface area contributed by atoms with Crippen LogP contribution in [-0.4, -0.2) is 14.3 Å². The van der Waals surface area contributed by atoms with Gasteiger partial charge in [0.2, 0.25) is 0 Å². The number of rotatable bonds is 6. The highest BCUT2D eigenvalue weighted by Crippen LogP contribution is 2.19. The maximum absolute atomic E-state index is 13.5. The molecule has 0 bridgehead atoms. The summed E-state index contributed by atoms with van der Waals surface area (Å²) in [6, 6.07) is 16.6. The van der Waals surface area contributed by atoms with Gasteiger partial charge in [0.1, 0.15) is 0 Å². The Balaban J connectivity index is 1.69. The number of pyridine rings is 1. The smallest absolute Gasteiger partial charge is 0.255 e. The fraction of sp³-hybridized carbons (Fsp3) is 0.308. The van der Waals surface area contributed by atoms with Crippen LogP contribution in [0.3, 0.4) is 0 Å². The van der Waals surface area contributed by atoms with Crippen LogP contribution in [0, 0.1) is 27.7 Å². The SMILES string of the molecule is Cc1ccc2c(c1)cc(CNCc1c(C)nn(C)c1C)c(=O)n2Cc1ccccc1C. The number of hydrogen-bond donors (Lipinski definition) is 1. The molecular formula is C26H30N4O. The second-order valence-electron chi connectivity index (χ2n) is 8.43. The van der Waals surface area contributed by atoms with Gasteiger partial charge in [-0.3, -0.25) is 9.48 Å². The third-order valence-electron chi connectivity index (χ3n) is 6.19. The molecule has 0 spiro atoms. The zero-order chi connectivity index (χ0) is 22.1. The molecule has 0 aliphatic rings. The zero-order valence-corrected chi connectivity index (χ0v) is 19.0. The molecule has 4 rings (SSSR count). The van der Waals surface area contributed by atoms with Gasteiger partial charge >= 0.3 is 0 Å². The largest absolute Gasteiger partial charge is 0.308 e. The highest BCUT2D eigenvalue weighted by molar-refractivity contribution is 5.80. The summed E-state index contributed by atoms with van der Waals surface area (Å²) in [6.07, 6.45) is 0. The third kappa shape index (κ3) is 4.19. The minimum atomic E-state index is 0.0618. The van der Waals surface area contributed by atoms with Gasteiger partial charge in [0.05, 0.1) is 17.8 Å². The van der Waals surface area contributed by atoms with Crippen LogP contribution in [0.15, 0.2) is 53.3 Å². The van der Waals surface area contributed by atoms with E-state index in [1.54, 1.807) is 0 Å². The highest BCUT2D eigenvalue weighted by Gasteiger charge is 2.13. The van der Waals surface area contributed by atoms with Crippen LogP contribution in [0.2, 0.25) is 0 Å². The number of hydrogen-bond acceptors (Lipinski definition) is 3. The molecule has 0 unspecified atom stereocenters. The monoisotopic (exact) mass is 414 g/mol. The first kappa shape index (κ1) is 21.1. The van der Waals surface area contributed by atoms with E-state index in [0.717, 1.165) is 33.4 Å². The van der Waals surface area contributed by atoms with Gasteiger partial charge in [0, 0.05) is 37.0 Å². The van der Waals surface area contributed by atoms with Crippen molar-refractivity contribution >= 4 is 10.9 Å². The third-order valence-corrected chi connectivity index (χ3v) is 6.19. The van der Waals surface area contributed by atoms with Gasteiger partial charge in [-0.1, -0.05) is 35.9 Å². The Labute approximate surface area is 183 Å². The number of nitrogens with one attached hydrogen (secondary N) is 1. The van der Waals surface area contributed by atoms with E-state index in [4.69, 9.17) is 0 Å². The van der Waals surface area contributed by atoms with Gasteiger partial charge in [0.15, 0.2) is 0 Å². The van der Waals surface area contributed by atoms with Crippen LogP contribution in [-0.2, 0) is 26.7 Å². The number of aromatic nitrogens is 3. The molecule has 0 aliphatic heterocycles. The Morgan fingerprint density at radius 2 is 1.71 bits per heavy atom. The molecule has 0 atom stereocenters. The number of nitrogens with zero attached hydrogens (tertiary/aromatic N) is 3. The lowest BCUT2D eigenvalue weighted by Gasteiger charge is -2.15. The van der Waals surface area contributed by atoms with Gasteiger partial charge in [0.25, 0.3) is 5.56 Å². The summed E-state index contributed by atoms with van der Waals surface area (Å²) < 4.78 is 3.81. The Morgan fingerprint density at radius 3 is 2.42 bits per heavy atom. The average molecular weight is 415 g/mol. The molecule has 0 saturated carbocycles. The molecule has 2 aromatic heterocycles. The van der Waals surface area contributed by atoms with E-state index in [1.807, 2.05) is 41.4 Å². The number of aryl methyl sites for hydroxylation is 4. The maximum atomic E-state index is 13.5. The van der Waals surface area contributed by atoms with Crippen LogP contribution in [0.25, 0.3) is 10.9 Å². The quantitative estimate of drug-likeness (QED) is 0.512. The molecule has 2 heterocycles. The lowest BCUT2D eigenvalue weighted by Crippen LogP contribution is -2.28. The molecule has 0 saturated heterocycles. The van der Waals surface area contributed by atoms with Gasteiger partial charge in [-0.25, -0.2) is 0 Å². The summed E-state index contributed by atoms with van der Waals surface area (Å²) in [6.45, 7) is 10.1. The van der Waals surface area contributed by atoms with Crippen molar-refractivity contribution in [3.8, 4) is 0 Å². The van der Waals surface area contributed by atoms with Crippen molar-refractivity contribution in [3.05, 3.63) is 98.1 Å². The van der Waals surface area contributed by atoms with E-state index in [2.05, 4.69) is 61.5 Å². The molecular weight excluding hydrogens is 384 g/mol. The fourth-order valence-corrected chi connectivity index (χ4v) is 4.20. The van der Waals surface area contributed by atoms with Crippen molar-refractivity contribution in [3.63, 3.8) is 0 Å². The van der Waals surface area contributed by atoms with Crippen LogP contribution in [0.1, 0.15) is 39.2 Å². The molecule has 4 aromatic rings. The first-order valence-electron chi connectivity index (χ1n) is 10.7. The zero-order valence-electron chi connectivity index (χ0n) is 19.0. The number of benzene rings is 2. The standard InChI is InChI=1S/C26H30N4O/c1-17-10-11-25-22(12-17)13-23(14-27-15-24-19(3)28-29(5)20(24)4)26(31)30(25)16-21-9-7-6-8-18(21)2/h6-13,27H,14-16H2,1-5H3. The van der Waals surface area contributed by atoms with Crippen LogP contribution in [0.4, 0.5) is 0 Å². The first-order valence-corrected chi connectivity index (χ1v) is 10.7. The lowest BCUT2D eigenvalue weighted by molar-refractivity contribution is 0.668. The van der Waals surface area contributed by atoms with E-state index in [0.29, 0.717) is 19.6 Å². The van der Waals surface area contributed by atoms with Gasteiger partial charge < -0.3 is 9.88 Å². The molecule has 31 heavy (non-hydrogen) atoms. The second-order valence-corrected chi connectivity index (χ2v) is 8.43. The van der Waals surface area contributed by atoms with Crippen molar-refractivity contribution < 1.29 is 0 Å². The van der Waals surface area contributed by atoms with E-state index in [1.165, 1.54) is 16.7 Å². The van der Waals surface area contributed by atoms with Crippen molar-refractivity contribution in [1.29, 1.82) is 0 Å². The maximum Gasteiger partial charge on any atom is 0.255 e. The lowest BCUT2D eigenvalue weighted by atomic mass is 10.1. The molecule has 0 radical (unpaired) electrons. The predicted molar refractivity (Wildman–Crippen MR) is 126 cm³/mol. The Bertz CT molecular complexity index is 1310. The Kier molecular flexibility index (Phi) is 5.79. The molecule has 5 nitrogen and oxygen atoms in total. The number of fused-ring (bicyclic) bond motifs is 1. The van der Waals surface area contributed by atoms with E-state index in [9.17, 15) is 4.79 Å². The fourth-order valence-electron chi connectivity index (χ4n) is 4.20. The van der Waals surface area contributed by atoms with Crippen molar-refractivity contribution in [1.82, 2.24) is 19.7 Å². The van der Waals surface area contributed by atoms with Crippen molar-refractivity contribution in [2.24, 2.45) is 7.05 Å². The molecule has 0 fully saturated rings. The highest BCUT2D eigenvalue weighted by atomic mass is 16.1. The van der Waals surface area contributed by atoms with Gasteiger partial charge in [-0.05, 0) is 62.4 Å².